The summed E-state index contributed by atoms with van der Waals surface area (Å²) in [6.07, 6.45) is 4.32. The zero-order chi connectivity index (χ0) is 13.7. The number of benzene rings is 1. The number of aromatic nitrogens is 1. The molecule has 0 unspecified atom stereocenters. The Morgan fingerprint density at radius 3 is 2.68 bits per heavy atom. The number of likely N-dealkylation sites (N-methyl/N-ethyl adjacent to an activating group) is 1. The zero-order valence-corrected chi connectivity index (χ0v) is 10.7. The molecule has 0 saturated heterocycles. The number of nitriles is 1. The van der Waals surface area contributed by atoms with E-state index in [0.29, 0.717) is 12.2 Å². The largest absolute Gasteiger partial charge is 0.373 e. The van der Waals surface area contributed by atoms with Crippen LogP contribution in [0.4, 0.5) is 10.1 Å². The molecule has 96 valence electrons. The molecule has 1 heterocycles. The van der Waals surface area contributed by atoms with Gasteiger partial charge in [0.05, 0.1) is 5.69 Å². The minimum absolute atomic E-state index is 0.0970. The van der Waals surface area contributed by atoms with E-state index in [1.54, 1.807) is 24.5 Å². The van der Waals surface area contributed by atoms with Gasteiger partial charge in [-0.15, -0.1) is 0 Å². The number of anilines is 1. The summed E-state index contributed by atoms with van der Waals surface area (Å²) in [5.74, 6) is -0.476. The van der Waals surface area contributed by atoms with Crippen LogP contribution in [0, 0.1) is 17.1 Å². The van der Waals surface area contributed by atoms with Crippen LogP contribution < -0.4 is 4.90 Å². The van der Waals surface area contributed by atoms with Gasteiger partial charge in [0, 0.05) is 26.0 Å². The smallest absolute Gasteiger partial charge is 0.143 e. The van der Waals surface area contributed by atoms with E-state index in [-0.39, 0.29) is 5.56 Å². The maximum atomic E-state index is 13.5. The third-order valence-corrected chi connectivity index (χ3v) is 3.00. The minimum atomic E-state index is -0.476. The standard InChI is InChI=1S/C15H14FN3/c1-19(10-7-12-5-8-18-9-6-12)15-4-2-3-14(16)13(15)11-17/h2-6,8-9H,7,10H2,1H3. The Hall–Kier alpha value is -2.41. The van der Waals surface area contributed by atoms with Crippen molar-refractivity contribution in [3.63, 3.8) is 0 Å². The number of hydrogen-bond acceptors (Lipinski definition) is 3. The van der Waals surface area contributed by atoms with Gasteiger partial charge in [-0.2, -0.15) is 5.26 Å². The van der Waals surface area contributed by atoms with Crippen molar-refractivity contribution in [2.75, 3.05) is 18.5 Å². The van der Waals surface area contributed by atoms with Crippen LogP contribution >= 0.6 is 0 Å². The SMILES string of the molecule is CN(CCc1ccncc1)c1cccc(F)c1C#N. The fourth-order valence-electron chi connectivity index (χ4n) is 1.91. The van der Waals surface area contributed by atoms with Crippen molar-refractivity contribution in [2.45, 2.75) is 6.42 Å². The first-order valence-corrected chi connectivity index (χ1v) is 6.01. The van der Waals surface area contributed by atoms with Gasteiger partial charge >= 0.3 is 0 Å². The summed E-state index contributed by atoms with van der Waals surface area (Å²) in [7, 11) is 1.86. The van der Waals surface area contributed by atoms with E-state index < -0.39 is 5.82 Å². The van der Waals surface area contributed by atoms with Gasteiger partial charge in [0.15, 0.2) is 0 Å². The molecule has 1 aromatic carbocycles. The van der Waals surface area contributed by atoms with E-state index >= 15 is 0 Å². The van der Waals surface area contributed by atoms with Crippen LogP contribution in [0.1, 0.15) is 11.1 Å². The molecule has 4 heteroatoms. The third-order valence-electron chi connectivity index (χ3n) is 3.00. The van der Waals surface area contributed by atoms with Gasteiger partial charge in [0.25, 0.3) is 0 Å². The van der Waals surface area contributed by atoms with Crippen molar-refractivity contribution in [2.24, 2.45) is 0 Å². The quantitative estimate of drug-likeness (QED) is 0.843. The molecule has 19 heavy (non-hydrogen) atoms. The van der Waals surface area contributed by atoms with E-state index in [9.17, 15) is 4.39 Å². The van der Waals surface area contributed by atoms with Gasteiger partial charge in [-0.3, -0.25) is 4.98 Å². The van der Waals surface area contributed by atoms with Crippen molar-refractivity contribution in [1.82, 2.24) is 4.98 Å². The van der Waals surface area contributed by atoms with Gasteiger partial charge < -0.3 is 4.90 Å². The lowest BCUT2D eigenvalue weighted by Gasteiger charge is -2.20. The summed E-state index contributed by atoms with van der Waals surface area (Å²) in [6.45, 7) is 0.710. The molecule has 0 N–H and O–H groups in total. The fourth-order valence-corrected chi connectivity index (χ4v) is 1.91. The van der Waals surface area contributed by atoms with Crippen molar-refractivity contribution in [3.05, 3.63) is 59.7 Å². The van der Waals surface area contributed by atoms with Gasteiger partial charge in [-0.1, -0.05) is 6.07 Å². The summed E-state index contributed by atoms with van der Waals surface area (Å²) >= 11 is 0. The molecule has 0 aliphatic rings. The van der Waals surface area contributed by atoms with Crippen LogP contribution in [0.5, 0.6) is 0 Å². The second-order valence-electron chi connectivity index (χ2n) is 4.27. The van der Waals surface area contributed by atoms with E-state index in [4.69, 9.17) is 5.26 Å². The Labute approximate surface area is 111 Å². The van der Waals surface area contributed by atoms with Gasteiger partial charge in [0.1, 0.15) is 17.4 Å². The highest BCUT2D eigenvalue weighted by atomic mass is 19.1. The Bertz CT molecular complexity index is 590. The molecule has 3 nitrogen and oxygen atoms in total. The first-order valence-electron chi connectivity index (χ1n) is 6.01. The summed E-state index contributed by atoms with van der Waals surface area (Å²) in [5, 5.41) is 9.01. The molecule has 0 saturated carbocycles. The van der Waals surface area contributed by atoms with Crippen molar-refractivity contribution in [1.29, 1.82) is 5.26 Å². The van der Waals surface area contributed by atoms with Crippen LogP contribution in [-0.4, -0.2) is 18.6 Å². The molecule has 0 fully saturated rings. The monoisotopic (exact) mass is 255 g/mol. The highest BCUT2D eigenvalue weighted by molar-refractivity contribution is 5.59. The number of nitrogens with zero attached hydrogens (tertiary/aromatic N) is 3. The Morgan fingerprint density at radius 1 is 1.26 bits per heavy atom. The Morgan fingerprint density at radius 2 is 2.00 bits per heavy atom. The highest BCUT2D eigenvalue weighted by Gasteiger charge is 2.11. The van der Waals surface area contributed by atoms with Gasteiger partial charge in [-0.25, -0.2) is 4.39 Å². The normalized spacial score (nSPS) is 9.95. The zero-order valence-electron chi connectivity index (χ0n) is 10.7. The number of pyridine rings is 1. The lowest BCUT2D eigenvalue weighted by atomic mass is 10.1. The molecule has 0 aliphatic heterocycles. The maximum Gasteiger partial charge on any atom is 0.143 e. The molecule has 0 bridgehead atoms. The summed E-state index contributed by atoms with van der Waals surface area (Å²) < 4.78 is 13.5. The average Bonchev–Trinajstić information content (AvgIpc) is 2.45. The lowest BCUT2D eigenvalue weighted by Crippen LogP contribution is -2.21. The lowest BCUT2D eigenvalue weighted by molar-refractivity contribution is 0.623. The fraction of sp³-hybridized carbons (Fsp3) is 0.200. The third kappa shape index (κ3) is 3.08. The minimum Gasteiger partial charge on any atom is -0.373 e. The molecular weight excluding hydrogens is 241 g/mol. The first-order chi connectivity index (χ1) is 9.22. The molecule has 2 aromatic rings. The summed E-state index contributed by atoms with van der Waals surface area (Å²) in [4.78, 5) is 5.85. The van der Waals surface area contributed by atoms with Crippen molar-refractivity contribution >= 4 is 5.69 Å². The van der Waals surface area contributed by atoms with E-state index in [1.165, 1.54) is 6.07 Å². The number of halogens is 1. The number of hydrogen-bond donors (Lipinski definition) is 0. The summed E-state index contributed by atoms with van der Waals surface area (Å²) in [6, 6.07) is 10.5. The molecule has 0 spiro atoms. The highest BCUT2D eigenvalue weighted by Crippen LogP contribution is 2.21. The molecule has 0 atom stereocenters. The topological polar surface area (TPSA) is 39.9 Å². The van der Waals surface area contributed by atoms with Crippen LogP contribution in [0.15, 0.2) is 42.7 Å². The molecule has 0 aliphatic carbocycles. The van der Waals surface area contributed by atoms with Crippen LogP contribution in [0.2, 0.25) is 0 Å². The first kappa shape index (κ1) is 13.0. The predicted molar refractivity (Wildman–Crippen MR) is 72.3 cm³/mol. The molecule has 2 rings (SSSR count). The summed E-state index contributed by atoms with van der Waals surface area (Å²) in [5.41, 5.74) is 1.88. The predicted octanol–water partition coefficient (Wildman–Crippen LogP) is 2.77. The van der Waals surface area contributed by atoms with Crippen molar-refractivity contribution in [3.8, 4) is 6.07 Å². The van der Waals surface area contributed by atoms with Crippen LogP contribution in [-0.2, 0) is 6.42 Å². The van der Waals surface area contributed by atoms with Crippen LogP contribution in [0.3, 0.4) is 0 Å². The molecule has 0 radical (unpaired) electrons. The van der Waals surface area contributed by atoms with E-state index in [2.05, 4.69) is 4.98 Å². The Kier molecular flexibility index (Phi) is 4.09. The van der Waals surface area contributed by atoms with E-state index in [0.717, 1.165) is 12.0 Å². The Balaban J connectivity index is 2.11. The molecular formula is C15H14FN3. The maximum absolute atomic E-state index is 13.5. The van der Waals surface area contributed by atoms with Crippen molar-refractivity contribution < 1.29 is 4.39 Å². The van der Waals surface area contributed by atoms with Crippen LogP contribution in [0.25, 0.3) is 0 Å². The van der Waals surface area contributed by atoms with Gasteiger partial charge in [0.2, 0.25) is 0 Å². The number of rotatable bonds is 4. The second kappa shape index (κ2) is 5.96. The van der Waals surface area contributed by atoms with Gasteiger partial charge in [-0.05, 0) is 36.2 Å². The molecule has 1 aromatic heterocycles. The molecule has 0 amide bonds. The second-order valence-corrected chi connectivity index (χ2v) is 4.27. The average molecular weight is 255 g/mol. The van der Waals surface area contributed by atoms with E-state index in [1.807, 2.05) is 30.1 Å².